The summed E-state index contributed by atoms with van der Waals surface area (Å²) in [6.07, 6.45) is 0. The third kappa shape index (κ3) is 2.81. The van der Waals surface area contributed by atoms with Gasteiger partial charge >= 0.3 is 0 Å². The molecule has 0 bridgehead atoms. The Morgan fingerprint density at radius 2 is 1.93 bits per heavy atom. The monoisotopic (exact) mass is 202 g/mol. The molecule has 1 rings (SSSR count). The summed E-state index contributed by atoms with van der Waals surface area (Å²) in [5.74, 6) is 0. The van der Waals surface area contributed by atoms with Crippen LogP contribution in [0, 0.1) is 11.3 Å². The first-order valence-corrected chi connectivity index (χ1v) is 5.25. The first kappa shape index (κ1) is 11.7. The minimum Gasteiger partial charge on any atom is -0.301 e. The second-order valence-corrected chi connectivity index (χ2v) is 4.35. The predicted octanol–water partition coefficient (Wildman–Crippen LogP) is 2.47. The average molecular weight is 202 g/mol. The Bertz CT molecular complexity index is 335. The van der Waals surface area contributed by atoms with Crippen molar-refractivity contribution in [2.75, 3.05) is 6.54 Å². The summed E-state index contributed by atoms with van der Waals surface area (Å²) in [4.78, 5) is 0. The van der Waals surface area contributed by atoms with Gasteiger partial charge in [0.1, 0.15) is 0 Å². The predicted molar refractivity (Wildman–Crippen MR) is 62.5 cm³/mol. The molecule has 1 atom stereocenters. The molecule has 15 heavy (non-hydrogen) atoms. The van der Waals surface area contributed by atoms with Crippen molar-refractivity contribution in [1.82, 2.24) is 5.32 Å². The van der Waals surface area contributed by atoms with Crippen molar-refractivity contribution in [1.29, 1.82) is 5.26 Å². The first-order valence-electron chi connectivity index (χ1n) is 5.25. The van der Waals surface area contributed by atoms with E-state index in [2.05, 4.69) is 44.3 Å². The van der Waals surface area contributed by atoms with E-state index in [4.69, 9.17) is 5.26 Å². The maximum absolute atomic E-state index is 8.54. The van der Waals surface area contributed by atoms with Crippen LogP contribution in [0.3, 0.4) is 0 Å². The maximum Gasteiger partial charge on any atom is 0.0843 e. The second-order valence-electron chi connectivity index (χ2n) is 4.35. The summed E-state index contributed by atoms with van der Waals surface area (Å²) in [7, 11) is 0. The molecule has 1 N–H and O–H groups in total. The fourth-order valence-corrected chi connectivity index (χ4v) is 1.57. The smallest absolute Gasteiger partial charge is 0.0843 e. The summed E-state index contributed by atoms with van der Waals surface area (Å²) in [6.45, 7) is 6.90. The number of nitrogens with one attached hydrogen (secondary N) is 1. The van der Waals surface area contributed by atoms with Crippen LogP contribution in [-0.2, 0) is 5.41 Å². The van der Waals surface area contributed by atoms with E-state index < -0.39 is 0 Å². The molecule has 0 saturated carbocycles. The standard InChI is InChI=1S/C13H18N2/c1-11(15-10-9-14)13(2,3)12-7-5-4-6-8-12/h4-8,11,15H,10H2,1-3H3. The van der Waals surface area contributed by atoms with Crippen molar-refractivity contribution in [2.45, 2.75) is 32.2 Å². The number of nitrogens with zero attached hydrogens (tertiary/aromatic N) is 1. The Balaban J connectivity index is 2.79. The van der Waals surface area contributed by atoms with Crippen LogP contribution < -0.4 is 5.32 Å². The molecule has 0 heterocycles. The van der Waals surface area contributed by atoms with E-state index in [1.165, 1.54) is 5.56 Å². The Labute approximate surface area is 91.9 Å². The van der Waals surface area contributed by atoms with Crippen LogP contribution in [0.15, 0.2) is 30.3 Å². The molecule has 80 valence electrons. The molecular weight excluding hydrogens is 184 g/mol. The van der Waals surface area contributed by atoms with E-state index >= 15 is 0 Å². The lowest BCUT2D eigenvalue weighted by molar-refractivity contribution is 0.374. The molecule has 0 amide bonds. The maximum atomic E-state index is 8.54. The summed E-state index contributed by atoms with van der Waals surface area (Å²) in [6, 6.07) is 12.8. The van der Waals surface area contributed by atoms with Crippen molar-refractivity contribution in [3.05, 3.63) is 35.9 Å². The summed E-state index contributed by atoms with van der Waals surface area (Å²) < 4.78 is 0. The highest BCUT2D eigenvalue weighted by molar-refractivity contribution is 5.25. The lowest BCUT2D eigenvalue weighted by atomic mass is 9.78. The SMILES string of the molecule is CC(NCC#N)C(C)(C)c1ccccc1. The van der Waals surface area contributed by atoms with Crippen LogP contribution in [0.25, 0.3) is 0 Å². The highest BCUT2D eigenvalue weighted by Gasteiger charge is 2.26. The lowest BCUT2D eigenvalue weighted by Gasteiger charge is -2.32. The number of benzene rings is 1. The topological polar surface area (TPSA) is 35.8 Å². The van der Waals surface area contributed by atoms with Crippen LogP contribution in [0.1, 0.15) is 26.3 Å². The van der Waals surface area contributed by atoms with Crippen molar-refractivity contribution < 1.29 is 0 Å². The average Bonchev–Trinajstić information content (AvgIpc) is 2.27. The Hall–Kier alpha value is -1.33. The zero-order valence-corrected chi connectivity index (χ0v) is 9.62. The van der Waals surface area contributed by atoms with Gasteiger partial charge in [0.15, 0.2) is 0 Å². The number of hydrogen-bond donors (Lipinski definition) is 1. The van der Waals surface area contributed by atoms with Gasteiger partial charge in [-0.05, 0) is 12.5 Å². The minimum absolute atomic E-state index is 0.0398. The van der Waals surface area contributed by atoms with Crippen LogP contribution in [-0.4, -0.2) is 12.6 Å². The number of hydrogen-bond acceptors (Lipinski definition) is 2. The molecule has 0 aliphatic heterocycles. The third-order valence-corrected chi connectivity index (χ3v) is 3.09. The number of nitriles is 1. The van der Waals surface area contributed by atoms with E-state index in [1.807, 2.05) is 18.2 Å². The molecular formula is C13H18N2. The van der Waals surface area contributed by atoms with Crippen LogP contribution >= 0.6 is 0 Å². The van der Waals surface area contributed by atoms with E-state index in [-0.39, 0.29) is 11.5 Å². The minimum atomic E-state index is 0.0398. The lowest BCUT2D eigenvalue weighted by Crippen LogP contribution is -2.42. The van der Waals surface area contributed by atoms with Gasteiger partial charge in [0.25, 0.3) is 0 Å². The molecule has 0 spiro atoms. The van der Waals surface area contributed by atoms with Crippen molar-refractivity contribution in [2.24, 2.45) is 0 Å². The van der Waals surface area contributed by atoms with Crippen LogP contribution in [0.4, 0.5) is 0 Å². The highest BCUT2D eigenvalue weighted by atomic mass is 14.9. The van der Waals surface area contributed by atoms with Gasteiger partial charge in [0.05, 0.1) is 12.6 Å². The van der Waals surface area contributed by atoms with E-state index in [0.717, 1.165) is 0 Å². The quantitative estimate of drug-likeness (QED) is 0.761. The Morgan fingerprint density at radius 1 is 1.33 bits per heavy atom. The summed E-state index contributed by atoms with van der Waals surface area (Å²) in [5.41, 5.74) is 1.33. The zero-order valence-electron chi connectivity index (χ0n) is 9.62. The molecule has 0 radical (unpaired) electrons. The molecule has 1 unspecified atom stereocenters. The molecule has 0 aliphatic carbocycles. The molecule has 2 heteroatoms. The summed E-state index contributed by atoms with van der Waals surface area (Å²) >= 11 is 0. The van der Waals surface area contributed by atoms with Crippen molar-refractivity contribution in [3.63, 3.8) is 0 Å². The molecule has 2 nitrogen and oxygen atoms in total. The molecule has 1 aromatic carbocycles. The summed E-state index contributed by atoms with van der Waals surface area (Å²) in [5, 5.41) is 11.7. The van der Waals surface area contributed by atoms with Crippen LogP contribution in [0.5, 0.6) is 0 Å². The van der Waals surface area contributed by atoms with Gasteiger partial charge in [-0.25, -0.2) is 0 Å². The third-order valence-electron chi connectivity index (χ3n) is 3.09. The normalized spacial score (nSPS) is 13.2. The molecule has 0 fully saturated rings. The van der Waals surface area contributed by atoms with Gasteiger partial charge in [-0.1, -0.05) is 44.2 Å². The van der Waals surface area contributed by atoms with Crippen LogP contribution in [0.2, 0.25) is 0 Å². The zero-order chi connectivity index (χ0) is 11.3. The number of rotatable bonds is 4. The van der Waals surface area contributed by atoms with E-state index in [9.17, 15) is 0 Å². The van der Waals surface area contributed by atoms with E-state index in [1.54, 1.807) is 0 Å². The Morgan fingerprint density at radius 3 is 2.47 bits per heavy atom. The largest absolute Gasteiger partial charge is 0.301 e. The fraction of sp³-hybridized carbons (Fsp3) is 0.462. The Kier molecular flexibility index (Phi) is 3.88. The fourth-order valence-electron chi connectivity index (χ4n) is 1.57. The first-order chi connectivity index (χ1) is 7.09. The van der Waals surface area contributed by atoms with Crippen molar-refractivity contribution in [3.8, 4) is 6.07 Å². The molecule has 0 saturated heterocycles. The van der Waals surface area contributed by atoms with Gasteiger partial charge < -0.3 is 5.32 Å². The van der Waals surface area contributed by atoms with Gasteiger partial charge in [-0.15, -0.1) is 0 Å². The molecule has 0 aliphatic rings. The molecule has 0 aromatic heterocycles. The van der Waals surface area contributed by atoms with Gasteiger partial charge in [-0.2, -0.15) is 5.26 Å². The van der Waals surface area contributed by atoms with E-state index in [0.29, 0.717) is 6.54 Å². The van der Waals surface area contributed by atoms with Gasteiger partial charge in [0, 0.05) is 11.5 Å². The van der Waals surface area contributed by atoms with Gasteiger partial charge in [0.2, 0.25) is 0 Å². The highest BCUT2D eigenvalue weighted by Crippen LogP contribution is 2.26. The van der Waals surface area contributed by atoms with Crippen molar-refractivity contribution >= 4 is 0 Å². The van der Waals surface area contributed by atoms with Gasteiger partial charge in [-0.3, -0.25) is 0 Å². The second kappa shape index (κ2) is 4.95. The molecule has 1 aromatic rings.